The molecular weight excluding hydrogens is 458 g/mol. The van der Waals surface area contributed by atoms with E-state index in [2.05, 4.69) is 116 Å². The average Bonchev–Trinajstić information content (AvgIpc) is 2.88. The number of benzene rings is 4. The Morgan fingerprint density at radius 3 is 2.03 bits per heavy atom. The van der Waals surface area contributed by atoms with Crippen LogP contribution in [0.4, 0.5) is 0 Å². The predicted molar refractivity (Wildman–Crippen MR) is 150 cm³/mol. The molecule has 4 aromatic rings. The van der Waals surface area contributed by atoms with Crippen LogP contribution in [0.15, 0.2) is 95.9 Å². The van der Waals surface area contributed by atoms with Gasteiger partial charge in [0.15, 0.2) is 0 Å². The van der Waals surface area contributed by atoms with Crippen molar-refractivity contribution in [1.29, 1.82) is 0 Å². The van der Waals surface area contributed by atoms with Crippen molar-refractivity contribution in [3.63, 3.8) is 0 Å². The molecule has 0 bridgehead atoms. The van der Waals surface area contributed by atoms with Gasteiger partial charge in [-0.3, -0.25) is 0 Å². The van der Waals surface area contributed by atoms with E-state index in [4.69, 9.17) is 4.74 Å². The smallest absolute Gasteiger partial charge is 0.119 e. The molecule has 0 aliphatic heterocycles. The number of likely N-dealkylation sites (N-methyl/N-ethyl adjacent to an activating group) is 1. The van der Waals surface area contributed by atoms with Crippen LogP contribution >= 0.6 is 24.2 Å². The first kappa shape index (κ1) is 26.2. The molecule has 0 amide bonds. The van der Waals surface area contributed by atoms with Crippen LogP contribution in [0.5, 0.6) is 5.75 Å². The molecule has 0 heterocycles. The summed E-state index contributed by atoms with van der Waals surface area (Å²) in [5.74, 6) is 1.09. The number of halogens is 1. The standard InChI is InChI=1S/C30H33NOS.ClH/c1-4-31(5-2)21-22-32-26-17-13-24(14-18-26)30(25-15-19-27(33-3)20-16-25)29-12-8-10-23-9-6-7-11-28(23)29;/h6-20,30H,4-5,21-22H2,1-3H3;1H. The van der Waals surface area contributed by atoms with Crippen molar-refractivity contribution >= 4 is 34.9 Å². The molecule has 0 aromatic heterocycles. The van der Waals surface area contributed by atoms with E-state index in [-0.39, 0.29) is 18.3 Å². The number of ether oxygens (including phenoxy) is 1. The van der Waals surface area contributed by atoms with E-state index in [9.17, 15) is 0 Å². The first-order chi connectivity index (χ1) is 16.2. The summed E-state index contributed by atoms with van der Waals surface area (Å²) in [6.07, 6.45) is 2.12. The third kappa shape index (κ3) is 6.15. The zero-order valence-corrected chi connectivity index (χ0v) is 21.9. The molecule has 178 valence electrons. The summed E-state index contributed by atoms with van der Waals surface area (Å²) in [5.41, 5.74) is 3.92. The van der Waals surface area contributed by atoms with E-state index in [0.717, 1.165) is 25.4 Å². The van der Waals surface area contributed by atoms with Gasteiger partial charge in [0.25, 0.3) is 0 Å². The number of nitrogens with zero attached hydrogens (tertiary/aromatic N) is 1. The maximum atomic E-state index is 6.04. The van der Waals surface area contributed by atoms with Gasteiger partial charge in [-0.25, -0.2) is 0 Å². The maximum Gasteiger partial charge on any atom is 0.119 e. The average molecular weight is 492 g/mol. The summed E-state index contributed by atoms with van der Waals surface area (Å²) >= 11 is 1.78. The van der Waals surface area contributed by atoms with Gasteiger partial charge in [0.05, 0.1) is 0 Å². The molecule has 4 aromatic carbocycles. The van der Waals surface area contributed by atoms with Gasteiger partial charge in [-0.05, 0) is 71.1 Å². The van der Waals surface area contributed by atoms with E-state index in [1.807, 2.05) is 0 Å². The second kappa shape index (κ2) is 12.9. The zero-order valence-electron chi connectivity index (χ0n) is 20.2. The quantitative estimate of drug-likeness (QED) is 0.165. The fourth-order valence-corrected chi connectivity index (χ4v) is 4.85. The lowest BCUT2D eigenvalue weighted by molar-refractivity contribution is 0.223. The summed E-state index contributed by atoms with van der Waals surface area (Å²) in [6.45, 7) is 8.16. The topological polar surface area (TPSA) is 12.5 Å². The van der Waals surface area contributed by atoms with Gasteiger partial charge in [0.1, 0.15) is 12.4 Å². The zero-order chi connectivity index (χ0) is 23.0. The Hall–Kier alpha value is -2.46. The van der Waals surface area contributed by atoms with E-state index < -0.39 is 0 Å². The lowest BCUT2D eigenvalue weighted by Gasteiger charge is -2.22. The number of rotatable bonds is 10. The number of thioether (sulfide) groups is 1. The van der Waals surface area contributed by atoms with E-state index in [1.165, 1.54) is 32.4 Å². The molecule has 0 spiro atoms. The van der Waals surface area contributed by atoms with Crippen LogP contribution in [-0.2, 0) is 0 Å². The summed E-state index contributed by atoms with van der Waals surface area (Å²) in [5, 5.41) is 2.58. The normalized spacial score (nSPS) is 11.9. The van der Waals surface area contributed by atoms with Crippen molar-refractivity contribution in [1.82, 2.24) is 4.90 Å². The minimum absolute atomic E-state index is 0. The summed E-state index contributed by atoms with van der Waals surface area (Å²) < 4.78 is 6.04. The van der Waals surface area contributed by atoms with Gasteiger partial charge in [-0.2, -0.15) is 0 Å². The van der Waals surface area contributed by atoms with Gasteiger partial charge in [-0.15, -0.1) is 24.2 Å². The van der Waals surface area contributed by atoms with Crippen LogP contribution in [0.25, 0.3) is 10.8 Å². The van der Waals surface area contributed by atoms with Crippen LogP contribution in [0, 0.1) is 0 Å². The molecule has 0 saturated heterocycles. The van der Waals surface area contributed by atoms with Gasteiger partial charge < -0.3 is 9.64 Å². The Morgan fingerprint density at radius 2 is 1.38 bits per heavy atom. The molecular formula is C30H34ClNOS. The van der Waals surface area contributed by atoms with E-state index in [1.54, 1.807) is 11.8 Å². The van der Waals surface area contributed by atoms with Gasteiger partial charge >= 0.3 is 0 Å². The Balaban J connectivity index is 0.00000324. The van der Waals surface area contributed by atoms with Crippen LogP contribution in [0.1, 0.15) is 36.5 Å². The molecule has 0 aliphatic carbocycles. The van der Waals surface area contributed by atoms with Crippen molar-refractivity contribution in [3.05, 3.63) is 108 Å². The molecule has 2 nitrogen and oxygen atoms in total. The van der Waals surface area contributed by atoms with Gasteiger partial charge in [-0.1, -0.05) is 80.6 Å². The Labute approximate surface area is 214 Å². The first-order valence-corrected chi connectivity index (χ1v) is 13.0. The molecule has 0 aliphatic rings. The van der Waals surface area contributed by atoms with Gasteiger partial charge in [0.2, 0.25) is 0 Å². The first-order valence-electron chi connectivity index (χ1n) is 11.8. The number of fused-ring (bicyclic) bond motifs is 1. The summed E-state index contributed by atoms with van der Waals surface area (Å²) in [6, 6.07) is 33.0. The maximum absolute atomic E-state index is 6.04. The van der Waals surface area contributed by atoms with Crippen LogP contribution in [-0.4, -0.2) is 37.4 Å². The third-order valence-corrected chi connectivity index (χ3v) is 7.11. The SMILES string of the molecule is CCN(CC)CCOc1ccc(C(c2ccc(SC)cc2)c2cccc3ccccc23)cc1.Cl. The van der Waals surface area contributed by atoms with E-state index in [0.29, 0.717) is 6.61 Å². The molecule has 1 atom stereocenters. The fourth-order valence-electron chi connectivity index (χ4n) is 4.44. The highest BCUT2D eigenvalue weighted by Gasteiger charge is 2.19. The van der Waals surface area contributed by atoms with Crippen LogP contribution in [0.3, 0.4) is 0 Å². The molecule has 34 heavy (non-hydrogen) atoms. The molecule has 0 fully saturated rings. The Bertz CT molecular complexity index is 1150. The third-order valence-electron chi connectivity index (χ3n) is 6.37. The molecule has 4 rings (SSSR count). The number of hydrogen-bond acceptors (Lipinski definition) is 3. The minimum atomic E-state index is 0. The lowest BCUT2D eigenvalue weighted by atomic mass is 9.83. The fraction of sp³-hybridized carbons (Fsp3) is 0.267. The Morgan fingerprint density at radius 1 is 0.765 bits per heavy atom. The highest BCUT2D eigenvalue weighted by molar-refractivity contribution is 7.98. The molecule has 4 heteroatoms. The second-order valence-electron chi connectivity index (χ2n) is 8.22. The van der Waals surface area contributed by atoms with Crippen molar-refractivity contribution < 1.29 is 4.74 Å². The van der Waals surface area contributed by atoms with Crippen molar-refractivity contribution in [3.8, 4) is 5.75 Å². The summed E-state index contributed by atoms with van der Waals surface area (Å²) in [7, 11) is 0. The molecule has 0 saturated carbocycles. The predicted octanol–water partition coefficient (Wildman–Crippen LogP) is 7.88. The van der Waals surface area contributed by atoms with Gasteiger partial charge in [0, 0.05) is 17.4 Å². The largest absolute Gasteiger partial charge is 0.492 e. The van der Waals surface area contributed by atoms with Crippen molar-refractivity contribution in [2.45, 2.75) is 24.7 Å². The minimum Gasteiger partial charge on any atom is -0.492 e. The summed E-state index contributed by atoms with van der Waals surface area (Å²) in [4.78, 5) is 3.66. The monoisotopic (exact) mass is 491 g/mol. The number of hydrogen-bond donors (Lipinski definition) is 0. The molecule has 0 radical (unpaired) electrons. The van der Waals surface area contributed by atoms with Crippen molar-refractivity contribution in [2.24, 2.45) is 0 Å². The molecule has 1 unspecified atom stereocenters. The van der Waals surface area contributed by atoms with Crippen molar-refractivity contribution in [2.75, 3.05) is 32.5 Å². The lowest BCUT2D eigenvalue weighted by Crippen LogP contribution is -2.27. The Kier molecular flexibility index (Phi) is 9.88. The molecule has 0 N–H and O–H groups in total. The highest BCUT2D eigenvalue weighted by Crippen LogP contribution is 2.37. The second-order valence-corrected chi connectivity index (χ2v) is 9.10. The van der Waals surface area contributed by atoms with Crippen LogP contribution in [0.2, 0.25) is 0 Å². The highest BCUT2D eigenvalue weighted by atomic mass is 35.5. The van der Waals surface area contributed by atoms with E-state index >= 15 is 0 Å². The van der Waals surface area contributed by atoms with Crippen LogP contribution < -0.4 is 4.74 Å².